The van der Waals surface area contributed by atoms with Crippen LogP contribution in [0.25, 0.3) is 10.2 Å². The van der Waals surface area contributed by atoms with Crippen molar-refractivity contribution in [2.45, 2.75) is 37.6 Å². The number of likely N-dealkylation sites (tertiary alicyclic amines) is 2. The Morgan fingerprint density at radius 2 is 1.83 bits per heavy atom. The minimum Gasteiger partial charge on any atom is -0.341 e. The number of carbonyl (C=O) groups excluding carboxylic acids is 2. The molecule has 0 bridgehead atoms. The molecule has 0 spiro atoms. The van der Waals surface area contributed by atoms with Gasteiger partial charge in [0.05, 0.1) is 20.1 Å². The fourth-order valence-corrected chi connectivity index (χ4v) is 6.25. The summed E-state index contributed by atoms with van der Waals surface area (Å²) in [6, 6.07) is 11.7. The number of carbonyl (C=O) groups is 2. The number of amides is 2. The van der Waals surface area contributed by atoms with Gasteiger partial charge in [0.15, 0.2) is 0 Å². The van der Waals surface area contributed by atoms with E-state index in [1.165, 1.54) is 21.0 Å². The van der Waals surface area contributed by atoms with E-state index in [4.69, 9.17) is 4.98 Å². The zero-order valence-electron chi connectivity index (χ0n) is 16.1. The molecular formula is C22H23N3O2S2. The number of benzene rings is 1. The smallest absolute Gasteiger partial charge is 0.264 e. The van der Waals surface area contributed by atoms with Crippen LogP contribution in [0, 0.1) is 0 Å². The lowest BCUT2D eigenvalue weighted by Crippen LogP contribution is -2.49. The molecule has 29 heavy (non-hydrogen) atoms. The molecule has 1 atom stereocenters. The number of hydrogen-bond acceptors (Lipinski definition) is 5. The van der Waals surface area contributed by atoms with E-state index in [0.29, 0.717) is 12.5 Å². The molecule has 150 valence electrons. The minimum absolute atomic E-state index is 0.000196. The number of thiazole rings is 1. The maximum absolute atomic E-state index is 13.2. The van der Waals surface area contributed by atoms with Gasteiger partial charge in [0, 0.05) is 25.6 Å². The quantitative estimate of drug-likeness (QED) is 0.626. The van der Waals surface area contributed by atoms with Crippen molar-refractivity contribution in [1.29, 1.82) is 0 Å². The summed E-state index contributed by atoms with van der Waals surface area (Å²) in [5, 5.41) is 3.10. The molecule has 2 aliphatic heterocycles. The average Bonchev–Trinajstić information content (AvgIpc) is 3.53. The van der Waals surface area contributed by atoms with E-state index in [0.717, 1.165) is 49.2 Å². The molecule has 1 aromatic carbocycles. The highest BCUT2D eigenvalue weighted by Crippen LogP contribution is 2.34. The second kappa shape index (κ2) is 7.88. The Morgan fingerprint density at radius 3 is 2.59 bits per heavy atom. The Bertz CT molecular complexity index is 989. The monoisotopic (exact) mass is 425 g/mol. The topological polar surface area (TPSA) is 53.5 Å². The highest BCUT2D eigenvalue weighted by Gasteiger charge is 2.38. The van der Waals surface area contributed by atoms with Gasteiger partial charge in [-0.05, 0) is 49.3 Å². The van der Waals surface area contributed by atoms with Crippen molar-refractivity contribution in [3.8, 4) is 0 Å². The van der Waals surface area contributed by atoms with E-state index < -0.39 is 0 Å². The number of thiophene rings is 1. The number of aromatic nitrogens is 1. The summed E-state index contributed by atoms with van der Waals surface area (Å²) in [5.74, 6) is 0.541. The van der Waals surface area contributed by atoms with Crippen LogP contribution in [0.5, 0.6) is 0 Å². The van der Waals surface area contributed by atoms with Gasteiger partial charge in [-0.3, -0.25) is 9.59 Å². The fraction of sp³-hybridized carbons (Fsp3) is 0.409. The van der Waals surface area contributed by atoms with Gasteiger partial charge in [-0.25, -0.2) is 4.98 Å². The lowest BCUT2D eigenvalue weighted by molar-refractivity contribution is -0.136. The van der Waals surface area contributed by atoms with Crippen molar-refractivity contribution >= 4 is 44.7 Å². The zero-order valence-corrected chi connectivity index (χ0v) is 17.8. The lowest BCUT2D eigenvalue weighted by atomic mass is 9.97. The third kappa shape index (κ3) is 3.57. The molecular weight excluding hydrogens is 402 g/mol. The largest absolute Gasteiger partial charge is 0.341 e. The van der Waals surface area contributed by atoms with Crippen molar-refractivity contribution < 1.29 is 9.59 Å². The number of hydrogen-bond donors (Lipinski definition) is 0. The molecule has 7 heteroatoms. The molecule has 4 heterocycles. The van der Waals surface area contributed by atoms with Crippen molar-refractivity contribution in [2.75, 3.05) is 19.6 Å². The number of para-hydroxylation sites is 1. The molecule has 0 radical (unpaired) electrons. The van der Waals surface area contributed by atoms with Crippen LogP contribution in [0.3, 0.4) is 0 Å². The third-order valence-corrected chi connectivity index (χ3v) is 8.05. The highest BCUT2D eigenvalue weighted by atomic mass is 32.1. The molecule has 2 fully saturated rings. The first-order valence-electron chi connectivity index (χ1n) is 10.2. The average molecular weight is 426 g/mol. The summed E-state index contributed by atoms with van der Waals surface area (Å²) in [6.07, 6.45) is 3.55. The summed E-state index contributed by atoms with van der Waals surface area (Å²) in [7, 11) is 0. The normalized spacial score (nSPS) is 20.5. The first kappa shape index (κ1) is 18.8. The molecule has 2 aromatic heterocycles. The molecule has 2 aliphatic rings. The summed E-state index contributed by atoms with van der Waals surface area (Å²) in [6.45, 7) is 2.17. The lowest BCUT2D eigenvalue weighted by Gasteiger charge is -2.35. The molecule has 2 amide bonds. The summed E-state index contributed by atoms with van der Waals surface area (Å²) in [4.78, 5) is 35.3. The molecule has 0 aliphatic carbocycles. The van der Waals surface area contributed by atoms with Crippen LogP contribution in [0.2, 0.25) is 0 Å². The van der Waals surface area contributed by atoms with E-state index >= 15 is 0 Å². The predicted molar refractivity (Wildman–Crippen MR) is 117 cm³/mol. The summed E-state index contributed by atoms with van der Waals surface area (Å²) < 4.78 is 1.23. The number of piperidine rings is 1. The Balaban J connectivity index is 1.24. The van der Waals surface area contributed by atoms with Gasteiger partial charge in [-0.15, -0.1) is 22.7 Å². The molecule has 2 saturated heterocycles. The standard InChI is InChI=1S/C22H23N3O2S2/c26-21(17-6-3-11-25(17)22(27)19-8-4-14-28-19)24-12-9-15(10-13-24)20-23-16-5-1-2-7-18(16)29-20/h1-2,4-5,7-8,14-15,17H,3,6,9-13H2. The van der Waals surface area contributed by atoms with Gasteiger partial charge in [0.1, 0.15) is 6.04 Å². The van der Waals surface area contributed by atoms with E-state index in [2.05, 4.69) is 18.2 Å². The van der Waals surface area contributed by atoms with Crippen molar-refractivity contribution in [3.05, 3.63) is 51.7 Å². The molecule has 5 nitrogen and oxygen atoms in total. The van der Waals surface area contributed by atoms with E-state index in [9.17, 15) is 9.59 Å². The van der Waals surface area contributed by atoms with Gasteiger partial charge < -0.3 is 9.80 Å². The van der Waals surface area contributed by atoms with Gasteiger partial charge in [0.2, 0.25) is 5.91 Å². The van der Waals surface area contributed by atoms with Crippen molar-refractivity contribution in [2.24, 2.45) is 0 Å². The molecule has 3 aromatic rings. The predicted octanol–water partition coefficient (Wildman–Crippen LogP) is 4.37. The first-order chi connectivity index (χ1) is 14.2. The van der Waals surface area contributed by atoms with Crippen LogP contribution in [0.15, 0.2) is 41.8 Å². The zero-order chi connectivity index (χ0) is 19.8. The number of rotatable bonds is 3. The van der Waals surface area contributed by atoms with Crippen molar-refractivity contribution in [1.82, 2.24) is 14.8 Å². The van der Waals surface area contributed by atoms with Crippen LogP contribution < -0.4 is 0 Å². The maximum atomic E-state index is 13.2. The van der Waals surface area contributed by atoms with Gasteiger partial charge in [-0.2, -0.15) is 0 Å². The molecule has 0 saturated carbocycles. The highest BCUT2D eigenvalue weighted by molar-refractivity contribution is 7.18. The number of nitrogens with zero attached hydrogens (tertiary/aromatic N) is 3. The van der Waals surface area contributed by atoms with Crippen LogP contribution in [0.1, 0.15) is 46.3 Å². The first-order valence-corrected chi connectivity index (χ1v) is 11.9. The van der Waals surface area contributed by atoms with Crippen LogP contribution in [-0.2, 0) is 4.79 Å². The van der Waals surface area contributed by atoms with Crippen LogP contribution in [0.4, 0.5) is 0 Å². The Hall–Kier alpha value is -2.25. The van der Waals surface area contributed by atoms with Gasteiger partial charge >= 0.3 is 0 Å². The second-order valence-corrected chi connectivity index (χ2v) is 9.76. The third-order valence-electron chi connectivity index (χ3n) is 6.00. The summed E-state index contributed by atoms with van der Waals surface area (Å²) >= 11 is 3.22. The van der Waals surface area contributed by atoms with Gasteiger partial charge in [0.25, 0.3) is 5.91 Å². The van der Waals surface area contributed by atoms with E-state index in [1.807, 2.05) is 28.5 Å². The Morgan fingerprint density at radius 1 is 1.00 bits per heavy atom. The molecule has 5 rings (SSSR count). The fourth-order valence-electron chi connectivity index (χ4n) is 4.43. The Labute approximate surface area is 178 Å². The van der Waals surface area contributed by atoms with Crippen LogP contribution >= 0.6 is 22.7 Å². The molecule has 1 unspecified atom stereocenters. The van der Waals surface area contributed by atoms with E-state index in [-0.39, 0.29) is 17.9 Å². The van der Waals surface area contributed by atoms with E-state index in [1.54, 1.807) is 16.2 Å². The Kier molecular flexibility index (Phi) is 5.09. The van der Waals surface area contributed by atoms with Crippen molar-refractivity contribution in [3.63, 3.8) is 0 Å². The van der Waals surface area contributed by atoms with Gasteiger partial charge in [-0.1, -0.05) is 18.2 Å². The number of fused-ring (bicyclic) bond motifs is 1. The molecule has 0 N–H and O–H groups in total. The van der Waals surface area contributed by atoms with Crippen LogP contribution in [-0.4, -0.2) is 52.3 Å². The SMILES string of the molecule is O=C(C1CCCN1C(=O)c1cccs1)N1CCC(c2nc3ccccc3s2)CC1. The summed E-state index contributed by atoms with van der Waals surface area (Å²) in [5.41, 5.74) is 1.07. The second-order valence-electron chi connectivity index (χ2n) is 7.75. The maximum Gasteiger partial charge on any atom is 0.264 e. The minimum atomic E-state index is -0.302.